The number of aliphatic hydroxyl groups is 1. The molecule has 272 valence electrons. The highest BCUT2D eigenvalue weighted by atomic mass is 19.4. The lowest BCUT2D eigenvalue weighted by Gasteiger charge is -2.34. The number of amides is 3. The average molecular weight is 709 g/mol. The van der Waals surface area contributed by atoms with E-state index in [-0.39, 0.29) is 42.8 Å². The number of hydrogen-bond acceptors (Lipinski definition) is 8. The molecule has 0 aliphatic carbocycles. The number of aromatic nitrogens is 3. The first-order valence-electron chi connectivity index (χ1n) is 17.1. The molecule has 1 atom stereocenters. The van der Waals surface area contributed by atoms with Gasteiger partial charge in [0.05, 0.1) is 22.8 Å². The first-order chi connectivity index (χ1) is 24.4. The van der Waals surface area contributed by atoms with Gasteiger partial charge in [0.15, 0.2) is 0 Å². The molecule has 15 heteroatoms. The molecular weight excluding hydrogens is 665 g/mol. The number of aliphatic hydroxyl groups excluding tert-OH is 1. The van der Waals surface area contributed by atoms with Crippen molar-refractivity contribution in [2.24, 2.45) is 0 Å². The molecule has 0 spiro atoms. The minimum absolute atomic E-state index is 0.0195. The molecular formula is C36H43F3N8O4. The number of carbonyl (C=O) groups excluding carboxylic acids is 2. The second-order valence-electron chi connectivity index (χ2n) is 13.2. The molecule has 12 nitrogen and oxygen atoms in total. The van der Waals surface area contributed by atoms with E-state index in [0.29, 0.717) is 67.2 Å². The average Bonchev–Trinajstić information content (AvgIpc) is 3.56. The van der Waals surface area contributed by atoms with E-state index in [9.17, 15) is 22.8 Å². The summed E-state index contributed by atoms with van der Waals surface area (Å²) < 4.78 is 48.8. The van der Waals surface area contributed by atoms with Crippen LogP contribution in [0.25, 0.3) is 11.0 Å². The van der Waals surface area contributed by atoms with Gasteiger partial charge in [0.25, 0.3) is 5.91 Å². The second kappa shape index (κ2) is 15.3. The molecule has 0 saturated carbocycles. The molecule has 3 amide bonds. The van der Waals surface area contributed by atoms with Crippen molar-refractivity contribution >= 4 is 28.7 Å². The van der Waals surface area contributed by atoms with Gasteiger partial charge in [-0.05, 0) is 61.3 Å². The molecule has 0 unspecified atom stereocenters. The monoisotopic (exact) mass is 708 g/mol. The maximum Gasteiger partial charge on any atom is 0.416 e. The van der Waals surface area contributed by atoms with Crippen LogP contribution in [0.3, 0.4) is 0 Å². The number of likely N-dealkylation sites (N-methyl/N-ethyl adjacent to an activating group) is 1. The lowest BCUT2D eigenvalue weighted by molar-refractivity contribution is -0.138. The number of halogens is 3. The molecule has 2 aliphatic heterocycles. The molecule has 3 N–H and O–H groups in total. The molecule has 1 saturated heterocycles. The number of pyridine rings is 2. The Labute approximate surface area is 294 Å². The number of alkyl halides is 3. The molecule has 1 fully saturated rings. The Bertz CT molecular complexity index is 1870. The number of nitrogens with zero attached hydrogens (tertiary/aromatic N) is 6. The van der Waals surface area contributed by atoms with Crippen molar-refractivity contribution in [3.63, 3.8) is 0 Å². The number of ether oxygens (including phenoxy) is 1. The summed E-state index contributed by atoms with van der Waals surface area (Å²) in [5.41, 5.74) is 1.90. The number of benzene rings is 1. The number of piperazine rings is 1. The van der Waals surface area contributed by atoms with E-state index < -0.39 is 17.8 Å². The fourth-order valence-electron chi connectivity index (χ4n) is 6.60. The molecule has 3 aromatic heterocycles. The van der Waals surface area contributed by atoms with Crippen LogP contribution in [0.15, 0.2) is 48.8 Å². The number of hydrogen-bond donors (Lipinski definition) is 3. The minimum Gasteiger partial charge on any atom is -0.455 e. The first-order valence-corrected chi connectivity index (χ1v) is 17.1. The van der Waals surface area contributed by atoms with E-state index in [1.165, 1.54) is 17.0 Å². The summed E-state index contributed by atoms with van der Waals surface area (Å²) in [6.45, 7) is 6.07. The zero-order valence-corrected chi connectivity index (χ0v) is 29.0. The van der Waals surface area contributed by atoms with E-state index >= 15 is 0 Å². The van der Waals surface area contributed by atoms with Gasteiger partial charge in [-0.15, -0.1) is 0 Å². The SMILES string of the molecule is CC[C@H]1CN(C(=O)Nc2ccc(CN3CCN(C)CC3)c(C(F)(F)F)c2)Cc2cc(Oc3ccnc4[nH]c(C(=O)N(C)CCCO)cc34)cnc21. The molecule has 1 aromatic carbocycles. The van der Waals surface area contributed by atoms with Crippen molar-refractivity contribution in [2.45, 2.75) is 44.9 Å². The van der Waals surface area contributed by atoms with Gasteiger partial charge in [0.2, 0.25) is 0 Å². The first kappa shape index (κ1) is 36.1. The van der Waals surface area contributed by atoms with Crippen molar-refractivity contribution < 1.29 is 32.6 Å². The van der Waals surface area contributed by atoms with Crippen LogP contribution in [0.1, 0.15) is 58.6 Å². The third kappa shape index (κ3) is 8.26. The summed E-state index contributed by atoms with van der Waals surface area (Å²) in [6, 6.07) is 8.67. The third-order valence-electron chi connectivity index (χ3n) is 9.55. The zero-order valence-electron chi connectivity index (χ0n) is 29.0. The Balaban J connectivity index is 1.18. The van der Waals surface area contributed by atoms with Crippen LogP contribution in [0.4, 0.5) is 23.7 Å². The third-order valence-corrected chi connectivity index (χ3v) is 9.55. The Morgan fingerprint density at radius 1 is 1.12 bits per heavy atom. The van der Waals surface area contributed by atoms with Gasteiger partial charge < -0.3 is 34.8 Å². The van der Waals surface area contributed by atoms with E-state index in [2.05, 4.69) is 20.2 Å². The predicted octanol–water partition coefficient (Wildman–Crippen LogP) is 5.51. The van der Waals surface area contributed by atoms with Crippen LogP contribution in [-0.4, -0.2) is 112 Å². The van der Waals surface area contributed by atoms with Gasteiger partial charge in [-0.2, -0.15) is 13.2 Å². The number of fused-ring (bicyclic) bond motifs is 2. The predicted molar refractivity (Wildman–Crippen MR) is 186 cm³/mol. The van der Waals surface area contributed by atoms with E-state index in [4.69, 9.17) is 14.8 Å². The molecule has 2 aliphatic rings. The van der Waals surface area contributed by atoms with Crippen LogP contribution in [0, 0.1) is 0 Å². The highest BCUT2D eigenvalue weighted by Gasteiger charge is 2.35. The minimum atomic E-state index is -4.57. The van der Waals surface area contributed by atoms with Crippen molar-refractivity contribution in [1.82, 2.24) is 34.6 Å². The van der Waals surface area contributed by atoms with Crippen LogP contribution >= 0.6 is 0 Å². The summed E-state index contributed by atoms with van der Waals surface area (Å²) in [7, 11) is 3.65. The fraction of sp³-hybridized carbons (Fsp3) is 0.444. The lowest BCUT2D eigenvalue weighted by atomic mass is 9.92. The van der Waals surface area contributed by atoms with E-state index in [1.807, 2.05) is 24.9 Å². The Morgan fingerprint density at radius 2 is 1.90 bits per heavy atom. The number of aromatic amines is 1. The van der Waals surface area contributed by atoms with Gasteiger partial charge in [-0.1, -0.05) is 13.0 Å². The molecule has 0 bridgehead atoms. The van der Waals surface area contributed by atoms with Gasteiger partial charge >= 0.3 is 12.2 Å². The van der Waals surface area contributed by atoms with Crippen molar-refractivity contribution in [2.75, 3.05) is 65.3 Å². The number of anilines is 1. The molecule has 51 heavy (non-hydrogen) atoms. The highest BCUT2D eigenvalue weighted by molar-refractivity contribution is 5.98. The van der Waals surface area contributed by atoms with E-state index in [1.54, 1.807) is 36.5 Å². The van der Waals surface area contributed by atoms with Crippen molar-refractivity contribution in [3.05, 3.63) is 76.9 Å². The number of carbonyl (C=O) groups is 2. The maximum atomic E-state index is 14.2. The summed E-state index contributed by atoms with van der Waals surface area (Å²) in [4.78, 5) is 45.8. The lowest BCUT2D eigenvalue weighted by Crippen LogP contribution is -2.44. The Kier molecular flexibility index (Phi) is 10.8. The van der Waals surface area contributed by atoms with Crippen LogP contribution < -0.4 is 10.1 Å². The van der Waals surface area contributed by atoms with Crippen molar-refractivity contribution in [3.8, 4) is 11.5 Å². The van der Waals surface area contributed by atoms with Crippen LogP contribution in [-0.2, 0) is 19.3 Å². The van der Waals surface area contributed by atoms with E-state index in [0.717, 1.165) is 30.4 Å². The Hall–Kier alpha value is -4.73. The number of H-pyrrole nitrogens is 1. The summed E-state index contributed by atoms with van der Waals surface area (Å²) in [5.74, 6) is 0.532. The topological polar surface area (TPSA) is 130 Å². The van der Waals surface area contributed by atoms with Crippen LogP contribution in [0.5, 0.6) is 11.5 Å². The largest absolute Gasteiger partial charge is 0.455 e. The number of nitrogens with one attached hydrogen (secondary N) is 2. The summed E-state index contributed by atoms with van der Waals surface area (Å²) in [6.07, 6.45) is -0.237. The molecule has 4 aromatic rings. The van der Waals surface area contributed by atoms with Gasteiger partial charge in [-0.25, -0.2) is 9.78 Å². The quantitative estimate of drug-likeness (QED) is 0.197. The van der Waals surface area contributed by atoms with Gasteiger partial charge in [-0.3, -0.25) is 14.7 Å². The number of rotatable bonds is 10. The highest BCUT2D eigenvalue weighted by Crippen LogP contribution is 2.37. The standard InChI is InChI=1S/C36H43F3N8O4/c1-4-23-21-47(35(50)42-26-7-6-24(29(17-26)36(37,38)39)20-46-13-11-44(2)12-14-46)22-25-16-27(19-41-32(23)25)51-31-8-9-40-33-28(31)18-30(43-33)34(49)45(3)10-5-15-48/h6-9,16-19,23,48H,4-5,10-15,20-22H2,1-3H3,(H,40,43)(H,42,50)/t23-/m0/s1. The Morgan fingerprint density at radius 3 is 2.63 bits per heavy atom. The summed E-state index contributed by atoms with van der Waals surface area (Å²) >= 11 is 0. The number of urea groups is 1. The summed E-state index contributed by atoms with van der Waals surface area (Å²) in [5, 5.41) is 12.4. The maximum absolute atomic E-state index is 14.2. The van der Waals surface area contributed by atoms with Crippen molar-refractivity contribution in [1.29, 1.82) is 0 Å². The second-order valence-corrected chi connectivity index (χ2v) is 13.2. The van der Waals surface area contributed by atoms with Gasteiger partial charge in [0, 0.05) is 83.8 Å². The molecule has 0 radical (unpaired) electrons. The van der Waals surface area contributed by atoms with Gasteiger partial charge in [0.1, 0.15) is 22.8 Å². The normalized spacial score (nSPS) is 17.0. The van der Waals surface area contributed by atoms with Crippen LogP contribution in [0.2, 0.25) is 0 Å². The smallest absolute Gasteiger partial charge is 0.416 e. The fourth-order valence-corrected chi connectivity index (χ4v) is 6.60. The molecule has 6 rings (SSSR count). The zero-order chi connectivity index (χ0) is 36.3. The molecule has 5 heterocycles.